The van der Waals surface area contributed by atoms with Gasteiger partial charge in [0.2, 0.25) is 11.8 Å². The predicted octanol–water partition coefficient (Wildman–Crippen LogP) is 2.24. The molecule has 0 aliphatic carbocycles. The van der Waals surface area contributed by atoms with Crippen molar-refractivity contribution in [1.82, 2.24) is 5.32 Å². The van der Waals surface area contributed by atoms with Crippen LogP contribution in [0, 0.1) is 11.6 Å². The number of imide groups is 1. The largest absolute Gasteiger partial charge is 0.460 e. The summed E-state index contributed by atoms with van der Waals surface area (Å²) >= 11 is 0. The van der Waals surface area contributed by atoms with Crippen molar-refractivity contribution >= 4 is 29.2 Å². The number of piperidine rings is 2. The van der Waals surface area contributed by atoms with E-state index in [4.69, 9.17) is 4.74 Å². The van der Waals surface area contributed by atoms with Gasteiger partial charge in [-0.15, -0.1) is 0 Å². The molecule has 8 nitrogen and oxygen atoms in total. The second-order valence-electron chi connectivity index (χ2n) is 9.41. The minimum absolute atomic E-state index is 0.0376. The first-order chi connectivity index (χ1) is 14.8. The summed E-state index contributed by atoms with van der Waals surface area (Å²) in [5, 5.41) is 15.5. The van der Waals surface area contributed by atoms with Crippen molar-refractivity contribution in [1.29, 1.82) is 0 Å². The number of anilines is 2. The summed E-state index contributed by atoms with van der Waals surface area (Å²) in [6.45, 7) is 5.69. The Morgan fingerprint density at radius 3 is 2.50 bits per heavy atom. The Hall–Kier alpha value is -2.75. The molecule has 3 N–H and O–H groups in total. The van der Waals surface area contributed by atoms with Crippen LogP contribution < -0.4 is 15.5 Å². The summed E-state index contributed by atoms with van der Waals surface area (Å²) in [6.07, 6.45) is 0.540. The Labute approximate surface area is 185 Å². The van der Waals surface area contributed by atoms with Crippen LogP contribution in [0.25, 0.3) is 0 Å². The number of amides is 2. The number of esters is 1. The van der Waals surface area contributed by atoms with Gasteiger partial charge in [-0.2, -0.15) is 0 Å². The SMILES string of the molecule is CC(C)(C)OC(=O)CC1(O)CCN(c2cc(F)c(NC3CCC(=O)NC3=O)cc2F)CC1. The average Bonchev–Trinajstić information content (AvgIpc) is 2.65. The summed E-state index contributed by atoms with van der Waals surface area (Å²) in [7, 11) is 0. The van der Waals surface area contributed by atoms with Gasteiger partial charge in [0.1, 0.15) is 23.3 Å². The average molecular weight is 453 g/mol. The first-order valence-corrected chi connectivity index (χ1v) is 10.6. The van der Waals surface area contributed by atoms with Crippen molar-refractivity contribution < 1.29 is 33.0 Å². The van der Waals surface area contributed by atoms with Gasteiger partial charge in [-0.1, -0.05) is 0 Å². The van der Waals surface area contributed by atoms with Gasteiger partial charge in [0.05, 0.1) is 23.4 Å². The van der Waals surface area contributed by atoms with Crippen LogP contribution in [0.1, 0.15) is 52.9 Å². The third kappa shape index (κ3) is 5.93. The number of carbonyl (C=O) groups excluding carboxylic acids is 3. The fourth-order valence-corrected chi connectivity index (χ4v) is 3.90. The molecule has 0 aromatic heterocycles. The summed E-state index contributed by atoms with van der Waals surface area (Å²) in [6, 6.07) is 1.20. The van der Waals surface area contributed by atoms with Crippen molar-refractivity contribution in [3.8, 4) is 0 Å². The van der Waals surface area contributed by atoms with Crippen molar-refractivity contribution in [3.05, 3.63) is 23.8 Å². The van der Waals surface area contributed by atoms with Crippen LogP contribution in [0.3, 0.4) is 0 Å². The number of hydrogen-bond donors (Lipinski definition) is 3. The normalized spacial score (nSPS) is 21.2. The van der Waals surface area contributed by atoms with Crippen molar-refractivity contribution in [3.63, 3.8) is 0 Å². The lowest BCUT2D eigenvalue weighted by Crippen LogP contribution is -2.47. The number of benzene rings is 1. The molecule has 2 aliphatic heterocycles. The zero-order valence-electron chi connectivity index (χ0n) is 18.5. The number of aliphatic hydroxyl groups is 1. The monoisotopic (exact) mass is 453 g/mol. The molecule has 2 heterocycles. The molecule has 32 heavy (non-hydrogen) atoms. The van der Waals surface area contributed by atoms with E-state index in [1.807, 2.05) is 0 Å². The van der Waals surface area contributed by atoms with E-state index in [1.54, 1.807) is 25.7 Å². The minimum Gasteiger partial charge on any atom is -0.460 e. The molecule has 3 rings (SSSR count). The topological polar surface area (TPSA) is 108 Å². The van der Waals surface area contributed by atoms with Crippen LogP contribution in [0.15, 0.2) is 12.1 Å². The molecular weight excluding hydrogens is 424 g/mol. The molecule has 2 amide bonds. The minimum atomic E-state index is -1.26. The van der Waals surface area contributed by atoms with Crippen LogP contribution in [0.4, 0.5) is 20.2 Å². The zero-order chi connectivity index (χ0) is 23.7. The van der Waals surface area contributed by atoms with Gasteiger partial charge in [0.15, 0.2) is 0 Å². The molecule has 1 aromatic carbocycles. The van der Waals surface area contributed by atoms with E-state index < -0.39 is 46.7 Å². The Balaban J connectivity index is 1.63. The van der Waals surface area contributed by atoms with Crippen LogP contribution in [-0.2, 0) is 19.1 Å². The van der Waals surface area contributed by atoms with Crippen molar-refractivity contribution in [2.24, 2.45) is 0 Å². The second-order valence-corrected chi connectivity index (χ2v) is 9.41. The number of nitrogens with one attached hydrogen (secondary N) is 2. The quantitative estimate of drug-likeness (QED) is 0.464. The second kappa shape index (κ2) is 9.01. The molecule has 2 aliphatic rings. The van der Waals surface area contributed by atoms with Crippen LogP contribution in [0.5, 0.6) is 0 Å². The van der Waals surface area contributed by atoms with Gasteiger partial charge in [-0.3, -0.25) is 19.7 Å². The smallest absolute Gasteiger partial charge is 0.309 e. The number of carbonyl (C=O) groups is 3. The maximum absolute atomic E-state index is 14.8. The van der Waals surface area contributed by atoms with E-state index in [9.17, 15) is 28.3 Å². The van der Waals surface area contributed by atoms with Gasteiger partial charge in [0, 0.05) is 31.6 Å². The number of ether oxygens (including phenoxy) is 1. The standard InChI is InChI=1S/C22H29F2N3O5/c1-21(2,3)32-19(29)12-22(31)6-8-27(9-7-22)17-11-13(23)16(10-14(17)24)25-15-4-5-18(28)26-20(15)30/h10-11,15,25,31H,4-9,12H2,1-3H3,(H,26,28,30). The molecule has 1 unspecified atom stereocenters. The van der Waals surface area contributed by atoms with Crippen molar-refractivity contribution in [2.45, 2.75) is 70.1 Å². The molecule has 0 bridgehead atoms. The molecule has 10 heteroatoms. The Kier molecular flexibility index (Phi) is 6.73. The Bertz CT molecular complexity index is 908. The van der Waals surface area contributed by atoms with Crippen LogP contribution in [-0.4, -0.2) is 53.2 Å². The summed E-state index contributed by atoms with van der Waals surface area (Å²) < 4.78 is 34.7. The predicted molar refractivity (Wildman–Crippen MR) is 113 cm³/mol. The molecule has 0 saturated carbocycles. The molecule has 176 valence electrons. The number of nitrogens with zero attached hydrogens (tertiary/aromatic N) is 1. The molecule has 2 fully saturated rings. The van der Waals surface area contributed by atoms with Crippen LogP contribution in [0.2, 0.25) is 0 Å². The summed E-state index contributed by atoms with van der Waals surface area (Å²) in [5.41, 5.74) is -2.05. The van der Waals surface area contributed by atoms with Crippen LogP contribution >= 0.6 is 0 Å². The Morgan fingerprint density at radius 1 is 1.25 bits per heavy atom. The highest BCUT2D eigenvalue weighted by atomic mass is 19.1. The first kappa shape index (κ1) is 23.9. The molecule has 0 spiro atoms. The maximum atomic E-state index is 14.8. The molecule has 2 saturated heterocycles. The van der Waals surface area contributed by atoms with Gasteiger partial charge in [-0.25, -0.2) is 8.78 Å². The lowest BCUT2D eigenvalue weighted by Gasteiger charge is -2.39. The van der Waals surface area contributed by atoms with Crippen molar-refractivity contribution in [2.75, 3.05) is 23.3 Å². The fraction of sp³-hybridized carbons (Fsp3) is 0.591. The fourth-order valence-electron chi connectivity index (χ4n) is 3.90. The summed E-state index contributed by atoms with van der Waals surface area (Å²) in [4.78, 5) is 36.8. The first-order valence-electron chi connectivity index (χ1n) is 10.6. The highest BCUT2D eigenvalue weighted by molar-refractivity contribution is 6.01. The maximum Gasteiger partial charge on any atom is 0.309 e. The van der Waals surface area contributed by atoms with E-state index in [0.717, 1.165) is 12.1 Å². The van der Waals surface area contributed by atoms with E-state index >= 15 is 0 Å². The number of hydrogen-bond acceptors (Lipinski definition) is 7. The van der Waals surface area contributed by atoms with Gasteiger partial charge in [-0.05, 0) is 40.0 Å². The third-order valence-electron chi connectivity index (χ3n) is 5.53. The highest BCUT2D eigenvalue weighted by Gasteiger charge is 2.37. The lowest BCUT2D eigenvalue weighted by molar-refractivity contribution is -0.161. The number of rotatable bonds is 5. The highest BCUT2D eigenvalue weighted by Crippen LogP contribution is 2.33. The van der Waals surface area contributed by atoms with E-state index in [0.29, 0.717) is 0 Å². The molecular formula is C22H29F2N3O5. The third-order valence-corrected chi connectivity index (χ3v) is 5.53. The molecule has 1 aromatic rings. The Morgan fingerprint density at radius 2 is 1.91 bits per heavy atom. The summed E-state index contributed by atoms with van der Waals surface area (Å²) in [5.74, 6) is -2.90. The lowest BCUT2D eigenvalue weighted by atomic mass is 9.88. The van der Waals surface area contributed by atoms with E-state index in [2.05, 4.69) is 10.6 Å². The zero-order valence-corrected chi connectivity index (χ0v) is 18.5. The number of halogens is 2. The van der Waals surface area contributed by atoms with Gasteiger partial charge >= 0.3 is 5.97 Å². The van der Waals surface area contributed by atoms with Gasteiger partial charge in [0.25, 0.3) is 0 Å². The molecule has 0 radical (unpaired) electrons. The van der Waals surface area contributed by atoms with E-state index in [-0.39, 0.29) is 56.6 Å². The molecule has 1 atom stereocenters. The van der Waals surface area contributed by atoms with Gasteiger partial charge < -0.3 is 20.1 Å². The van der Waals surface area contributed by atoms with E-state index in [1.165, 1.54) is 0 Å².